The fraction of sp³-hybridized carbons (Fsp3) is 0.250. The zero-order chi connectivity index (χ0) is 12.8. The van der Waals surface area contributed by atoms with E-state index in [9.17, 15) is 4.79 Å². The van der Waals surface area contributed by atoms with E-state index in [1.807, 2.05) is 36.6 Å². The Morgan fingerprint density at radius 3 is 2.83 bits per heavy atom. The number of nitrogens with one attached hydrogen (secondary N) is 2. The minimum Gasteiger partial charge on any atom is -0.343 e. The molecule has 18 heavy (non-hydrogen) atoms. The Bertz CT molecular complexity index is 486. The van der Waals surface area contributed by atoms with Gasteiger partial charge >= 0.3 is 0 Å². The Labute approximate surface area is 109 Å². The molecule has 0 aliphatic heterocycles. The van der Waals surface area contributed by atoms with Gasteiger partial charge in [0.2, 0.25) is 0 Å². The van der Waals surface area contributed by atoms with Crippen LogP contribution in [0, 0.1) is 0 Å². The third kappa shape index (κ3) is 3.10. The van der Waals surface area contributed by atoms with E-state index in [1.165, 1.54) is 6.20 Å². The van der Waals surface area contributed by atoms with Crippen molar-refractivity contribution in [2.75, 3.05) is 12.0 Å². The van der Waals surface area contributed by atoms with Gasteiger partial charge in [-0.05, 0) is 11.8 Å². The highest BCUT2D eigenvalue weighted by atomic mass is 32.2. The summed E-state index contributed by atoms with van der Waals surface area (Å²) in [4.78, 5) is 11.9. The van der Waals surface area contributed by atoms with Crippen LogP contribution in [-0.4, -0.2) is 33.3 Å². The highest BCUT2D eigenvalue weighted by Gasteiger charge is 2.16. The summed E-state index contributed by atoms with van der Waals surface area (Å²) < 4.78 is 0. The molecule has 2 aromatic rings. The molecular formula is C12H14N4OS. The van der Waals surface area contributed by atoms with Crippen LogP contribution in [0.3, 0.4) is 0 Å². The maximum absolute atomic E-state index is 11.9. The van der Waals surface area contributed by atoms with Crippen molar-refractivity contribution < 1.29 is 4.79 Å². The molecular weight excluding hydrogens is 248 g/mol. The molecule has 94 valence electrons. The topological polar surface area (TPSA) is 70.7 Å². The average Bonchev–Trinajstić information content (AvgIpc) is 2.93. The molecule has 1 heterocycles. The number of aromatic nitrogens is 3. The Hall–Kier alpha value is -1.82. The summed E-state index contributed by atoms with van der Waals surface area (Å²) in [5, 5.41) is 12.8. The van der Waals surface area contributed by atoms with Crippen molar-refractivity contribution in [3.8, 4) is 0 Å². The van der Waals surface area contributed by atoms with Crippen molar-refractivity contribution >= 4 is 17.7 Å². The number of thioether (sulfide) groups is 1. The maximum Gasteiger partial charge on any atom is 0.273 e. The van der Waals surface area contributed by atoms with E-state index in [1.54, 1.807) is 11.8 Å². The smallest absolute Gasteiger partial charge is 0.273 e. The van der Waals surface area contributed by atoms with Gasteiger partial charge in [-0.2, -0.15) is 27.2 Å². The number of rotatable bonds is 5. The van der Waals surface area contributed by atoms with Crippen LogP contribution in [0.4, 0.5) is 0 Å². The predicted molar refractivity (Wildman–Crippen MR) is 71.4 cm³/mol. The largest absolute Gasteiger partial charge is 0.343 e. The summed E-state index contributed by atoms with van der Waals surface area (Å²) in [6.45, 7) is 0. The number of H-pyrrole nitrogens is 1. The van der Waals surface area contributed by atoms with E-state index in [4.69, 9.17) is 0 Å². The van der Waals surface area contributed by atoms with Crippen LogP contribution in [0.2, 0.25) is 0 Å². The quantitative estimate of drug-likeness (QED) is 0.859. The number of carbonyl (C=O) groups is 1. The molecule has 1 atom stereocenters. The number of hydrogen-bond acceptors (Lipinski definition) is 4. The maximum atomic E-state index is 11.9. The van der Waals surface area contributed by atoms with E-state index in [0.717, 1.165) is 11.3 Å². The molecule has 0 radical (unpaired) electrons. The highest BCUT2D eigenvalue weighted by Crippen LogP contribution is 2.17. The van der Waals surface area contributed by atoms with Crippen LogP contribution in [0.1, 0.15) is 22.1 Å². The second-order valence-electron chi connectivity index (χ2n) is 3.75. The molecule has 1 amide bonds. The Morgan fingerprint density at radius 2 is 2.22 bits per heavy atom. The first-order valence-corrected chi connectivity index (χ1v) is 6.91. The van der Waals surface area contributed by atoms with Crippen molar-refractivity contribution in [2.24, 2.45) is 0 Å². The lowest BCUT2D eigenvalue weighted by Crippen LogP contribution is -2.30. The third-order valence-electron chi connectivity index (χ3n) is 2.49. The molecule has 0 aliphatic rings. The van der Waals surface area contributed by atoms with Gasteiger partial charge in [0.1, 0.15) is 0 Å². The lowest BCUT2D eigenvalue weighted by Gasteiger charge is -2.17. The number of carbonyl (C=O) groups excluding carboxylic acids is 1. The lowest BCUT2D eigenvalue weighted by atomic mass is 10.1. The lowest BCUT2D eigenvalue weighted by molar-refractivity contribution is 0.0935. The minimum absolute atomic E-state index is 0.0228. The van der Waals surface area contributed by atoms with Crippen molar-refractivity contribution in [3.05, 3.63) is 47.8 Å². The van der Waals surface area contributed by atoms with Crippen molar-refractivity contribution in [2.45, 2.75) is 6.04 Å². The van der Waals surface area contributed by atoms with E-state index in [-0.39, 0.29) is 11.9 Å². The highest BCUT2D eigenvalue weighted by molar-refractivity contribution is 7.98. The van der Waals surface area contributed by atoms with Crippen LogP contribution in [-0.2, 0) is 0 Å². The second-order valence-corrected chi connectivity index (χ2v) is 4.66. The first kappa shape index (κ1) is 12.6. The number of nitrogens with zero attached hydrogens (tertiary/aromatic N) is 2. The molecule has 1 aromatic heterocycles. The molecule has 0 saturated heterocycles. The van der Waals surface area contributed by atoms with Gasteiger partial charge in [0, 0.05) is 5.75 Å². The van der Waals surface area contributed by atoms with E-state index < -0.39 is 0 Å². The van der Waals surface area contributed by atoms with E-state index in [2.05, 4.69) is 20.7 Å². The molecule has 1 unspecified atom stereocenters. The van der Waals surface area contributed by atoms with Crippen LogP contribution in [0.5, 0.6) is 0 Å². The molecule has 1 aromatic carbocycles. The van der Waals surface area contributed by atoms with E-state index >= 15 is 0 Å². The predicted octanol–water partition coefficient (Wildman–Crippen LogP) is 1.64. The zero-order valence-corrected chi connectivity index (χ0v) is 10.8. The molecule has 0 spiro atoms. The fourth-order valence-corrected chi connectivity index (χ4v) is 2.23. The van der Waals surface area contributed by atoms with Gasteiger partial charge in [0.15, 0.2) is 5.69 Å². The number of hydrogen-bond donors (Lipinski definition) is 2. The standard InChI is InChI=1S/C12H14N4OS/c1-18-8-11(9-5-3-2-4-6-9)14-12(17)10-7-13-16-15-10/h2-7,11H,8H2,1H3,(H,14,17)(H,13,15,16). The number of benzene rings is 1. The number of amides is 1. The summed E-state index contributed by atoms with van der Waals surface area (Å²) in [5.74, 6) is 0.597. The van der Waals surface area contributed by atoms with Crippen LogP contribution < -0.4 is 5.32 Å². The van der Waals surface area contributed by atoms with Crippen LogP contribution in [0.15, 0.2) is 36.5 Å². The normalized spacial score (nSPS) is 12.1. The fourth-order valence-electron chi connectivity index (χ4n) is 1.62. The minimum atomic E-state index is -0.216. The average molecular weight is 262 g/mol. The summed E-state index contributed by atoms with van der Waals surface area (Å²) in [6, 6.07) is 9.87. The van der Waals surface area contributed by atoms with Gasteiger partial charge in [-0.25, -0.2) is 0 Å². The van der Waals surface area contributed by atoms with Crippen LogP contribution in [0.25, 0.3) is 0 Å². The molecule has 0 bridgehead atoms. The molecule has 6 heteroatoms. The van der Waals surface area contributed by atoms with Crippen molar-refractivity contribution in [3.63, 3.8) is 0 Å². The molecule has 2 rings (SSSR count). The Kier molecular flexibility index (Phi) is 4.35. The van der Waals surface area contributed by atoms with E-state index in [0.29, 0.717) is 5.69 Å². The molecule has 5 nitrogen and oxygen atoms in total. The van der Waals surface area contributed by atoms with Gasteiger partial charge in [-0.15, -0.1) is 0 Å². The van der Waals surface area contributed by atoms with Crippen molar-refractivity contribution in [1.82, 2.24) is 20.7 Å². The second kappa shape index (κ2) is 6.20. The first-order chi connectivity index (χ1) is 8.81. The van der Waals surface area contributed by atoms with Gasteiger partial charge < -0.3 is 5.32 Å². The van der Waals surface area contributed by atoms with Gasteiger partial charge in [-0.3, -0.25) is 4.79 Å². The zero-order valence-electron chi connectivity index (χ0n) is 9.96. The molecule has 2 N–H and O–H groups in total. The molecule has 0 saturated carbocycles. The Balaban J connectivity index is 2.10. The van der Waals surface area contributed by atoms with Gasteiger partial charge in [-0.1, -0.05) is 30.3 Å². The molecule has 0 aliphatic carbocycles. The summed E-state index contributed by atoms with van der Waals surface area (Å²) in [7, 11) is 0. The summed E-state index contributed by atoms with van der Waals surface area (Å²) in [6.07, 6.45) is 3.43. The van der Waals surface area contributed by atoms with Crippen molar-refractivity contribution in [1.29, 1.82) is 0 Å². The van der Waals surface area contributed by atoms with Gasteiger partial charge in [0.25, 0.3) is 5.91 Å². The van der Waals surface area contributed by atoms with Crippen LogP contribution >= 0.6 is 11.8 Å². The first-order valence-electron chi connectivity index (χ1n) is 5.52. The SMILES string of the molecule is CSCC(NC(=O)c1cn[nH]n1)c1ccccc1. The number of aromatic amines is 1. The molecule has 0 fully saturated rings. The Morgan fingerprint density at radius 1 is 1.44 bits per heavy atom. The van der Waals surface area contributed by atoms with Gasteiger partial charge in [0.05, 0.1) is 12.2 Å². The third-order valence-corrected chi connectivity index (χ3v) is 3.15. The summed E-state index contributed by atoms with van der Waals surface area (Å²) in [5.41, 5.74) is 1.39. The monoisotopic (exact) mass is 262 g/mol. The summed E-state index contributed by atoms with van der Waals surface area (Å²) >= 11 is 1.69.